The normalized spacial score (nSPS) is 26.4. The first kappa shape index (κ1) is 28.0. The summed E-state index contributed by atoms with van der Waals surface area (Å²) in [5.74, 6) is 2.97. The zero-order valence-electron chi connectivity index (χ0n) is 24.9. The van der Waals surface area contributed by atoms with Crippen LogP contribution in [0, 0.1) is 25.7 Å². The average Bonchev–Trinajstić information content (AvgIpc) is 2.81. The first-order valence-corrected chi connectivity index (χ1v) is 14.9. The van der Waals surface area contributed by atoms with E-state index in [2.05, 4.69) is 87.5 Å². The lowest BCUT2D eigenvalue weighted by Gasteiger charge is -2.56. The lowest BCUT2D eigenvalue weighted by Crippen LogP contribution is -2.59. The van der Waals surface area contributed by atoms with Crippen molar-refractivity contribution in [3.63, 3.8) is 0 Å². The van der Waals surface area contributed by atoms with Crippen LogP contribution in [0.15, 0.2) is 30.4 Å². The maximum absolute atomic E-state index is 7.12. The molecular formula is C33H46BN5. The number of allylic oxidation sites excluding steroid dienone is 1. The van der Waals surface area contributed by atoms with Gasteiger partial charge in [0.25, 0.3) is 0 Å². The van der Waals surface area contributed by atoms with E-state index in [-0.39, 0.29) is 11.4 Å². The highest BCUT2D eigenvalue weighted by Crippen LogP contribution is 2.48. The van der Waals surface area contributed by atoms with Crippen molar-refractivity contribution in [3.8, 4) is 0 Å². The fourth-order valence-corrected chi connectivity index (χ4v) is 6.86. The monoisotopic (exact) mass is 523 g/mol. The molecule has 1 aliphatic carbocycles. The van der Waals surface area contributed by atoms with Crippen LogP contribution in [0.5, 0.6) is 0 Å². The van der Waals surface area contributed by atoms with Crippen LogP contribution in [0.4, 0.5) is 11.8 Å². The van der Waals surface area contributed by atoms with Gasteiger partial charge in [-0.1, -0.05) is 55.3 Å². The fraction of sp³-hybridized carbons (Fsp3) is 0.576. The lowest BCUT2D eigenvalue weighted by molar-refractivity contribution is 0.0361. The van der Waals surface area contributed by atoms with Crippen molar-refractivity contribution in [2.75, 3.05) is 36.4 Å². The van der Waals surface area contributed by atoms with Gasteiger partial charge >= 0.3 is 0 Å². The Kier molecular flexibility index (Phi) is 7.97. The standard InChI is InChI=1S/C33H46BN5/c1-8-30-29(14-21(2)3)31(35-25(7)28-11-10-22(4)15-24(28)6)37-32(36-30)39-18-26(19-39)33(34)12-9-13-38(20-33)27-16-23(5)17-27/h8,10-11,14-15,23,25-27H,1,9,12-13,16-20H2,2-7H3,(H,35,36,37)/t23?,25-,27?,33-/m1/s1. The van der Waals surface area contributed by atoms with Crippen molar-refractivity contribution in [2.24, 2.45) is 11.8 Å². The largest absolute Gasteiger partial charge is 0.363 e. The Labute approximate surface area is 237 Å². The Hall–Kier alpha value is -2.60. The number of piperidine rings is 1. The van der Waals surface area contributed by atoms with Gasteiger partial charge in [0, 0.05) is 24.7 Å². The number of anilines is 2. The summed E-state index contributed by atoms with van der Waals surface area (Å²) in [7, 11) is 7.12. The molecule has 5 nitrogen and oxygen atoms in total. The Morgan fingerprint density at radius 3 is 2.59 bits per heavy atom. The highest BCUT2D eigenvalue weighted by Gasteiger charge is 2.46. The molecule has 2 atom stereocenters. The molecule has 1 aromatic carbocycles. The molecule has 5 rings (SSSR count). The van der Waals surface area contributed by atoms with Gasteiger partial charge in [0.2, 0.25) is 5.95 Å². The Morgan fingerprint density at radius 1 is 1.21 bits per heavy atom. The molecule has 3 fully saturated rings. The summed E-state index contributed by atoms with van der Waals surface area (Å²) in [6.07, 6.45) is 9.00. The van der Waals surface area contributed by atoms with Gasteiger partial charge in [0.1, 0.15) is 5.82 Å². The summed E-state index contributed by atoms with van der Waals surface area (Å²) in [4.78, 5) is 15.1. The maximum atomic E-state index is 7.12. The van der Waals surface area contributed by atoms with Crippen molar-refractivity contribution in [3.05, 3.63) is 58.3 Å². The van der Waals surface area contributed by atoms with Gasteiger partial charge in [-0.2, -0.15) is 4.98 Å². The van der Waals surface area contributed by atoms with Gasteiger partial charge in [0.05, 0.1) is 19.6 Å². The van der Waals surface area contributed by atoms with Crippen LogP contribution in [0.1, 0.15) is 87.4 Å². The predicted octanol–water partition coefficient (Wildman–Crippen LogP) is 6.99. The van der Waals surface area contributed by atoms with Crippen LogP contribution in [-0.2, 0) is 0 Å². The third-order valence-corrected chi connectivity index (χ3v) is 9.26. The van der Waals surface area contributed by atoms with Crippen LogP contribution in [-0.4, -0.2) is 54.9 Å². The van der Waals surface area contributed by atoms with Crippen molar-refractivity contribution < 1.29 is 0 Å². The van der Waals surface area contributed by atoms with Gasteiger partial charge in [0.15, 0.2) is 0 Å². The molecule has 1 saturated carbocycles. The molecule has 206 valence electrons. The van der Waals surface area contributed by atoms with Crippen LogP contribution in [0.2, 0.25) is 5.31 Å². The van der Waals surface area contributed by atoms with Gasteiger partial charge in [-0.05, 0) is 101 Å². The number of hydrogen-bond acceptors (Lipinski definition) is 5. The quantitative estimate of drug-likeness (QED) is 0.378. The number of hydrogen-bond donors (Lipinski definition) is 1. The molecule has 3 aliphatic rings. The summed E-state index contributed by atoms with van der Waals surface area (Å²) in [6, 6.07) is 7.49. The molecule has 3 heterocycles. The third kappa shape index (κ3) is 5.82. The van der Waals surface area contributed by atoms with E-state index in [0.717, 1.165) is 61.0 Å². The van der Waals surface area contributed by atoms with Crippen LogP contribution in [0.3, 0.4) is 0 Å². The minimum absolute atomic E-state index is 0.106. The number of aryl methyl sites for hydroxylation is 2. The van der Waals surface area contributed by atoms with Gasteiger partial charge in [-0.25, -0.2) is 4.98 Å². The molecule has 6 heteroatoms. The van der Waals surface area contributed by atoms with E-state index < -0.39 is 0 Å². The zero-order valence-corrected chi connectivity index (χ0v) is 24.9. The maximum Gasteiger partial charge on any atom is 0.227 e. The van der Waals surface area contributed by atoms with Crippen molar-refractivity contribution >= 4 is 31.8 Å². The smallest absolute Gasteiger partial charge is 0.227 e. The van der Waals surface area contributed by atoms with Crippen molar-refractivity contribution in [2.45, 2.75) is 84.6 Å². The molecule has 2 aliphatic heterocycles. The first-order valence-electron chi connectivity index (χ1n) is 14.9. The Balaban J connectivity index is 1.36. The second kappa shape index (κ2) is 11.1. The Bertz CT molecular complexity index is 1240. The minimum atomic E-state index is -0.116. The molecule has 1 N–H and O–H groups in total. The fourth-order valence-electron chi connectivity index (χ4n) is 6.86. The summed E-state index contributed by atoms with van der Waals surface area (Å²) >= 11 is 0. The van der Waals surface area contributed by atoms with E-state index >= 15 is 0 Å². The molecular weight excluding hydrogens is 477 g/mol. The van der Waals surface area contributed by atoms with E-state index in [1.807, 2.05) is 6.08 Å². The van der Waals surface area contributed by atoms with Gasteiger partial charge in [-0.15, -0.1) is 0 Å². The highest BCUT2D eigenvalue weighted by molar-refractivity contribution is 6.16. The first-order chi connectivity index (χ1) is 18.6. The second-order valence-corrected chi connectivity index (χ2v) is 13.0. The van der Waals surface area contributed by atoms with E-state index in [0.29, 0.717) is 5.92 Å². The number of likely N-dealkylation sites (tertiary alicyclic amines) is 1. The number of nitrogens with one attached hydrogen (secondary N) is 1. The van der Waals surface area contributed by atoms with Crippen LogP contribution in [0.25, 0.3) is 12.2 Å². The minimum Gasteiger partial charge on any atom is -0.363 e. The molecule has 0 amide bonds. The Morgan fingerprint density at radius 2 is 1.95 bits per heavy atom. The third-order valence-electron chi connectivity index (χ3n) is 9.26. The second-order valence-electron chi connectivity index (χ2n) is 13.0. The van der Waals surface area contributed by atoms with E-state index in [4.69, 9.17) is 17.8 Å². The number of rotatable bonds is 8. The van der Waals surface area contributed by atoms with Gasteiger partial charge < -0.3 is 15.1 Å². The summed E-state index contributed by atoms with van der Waals surface area (Å²) < 4.78 is 0. The molecule has 0 spiro atoms. The number of benzene rings is 1. The average molecular weight is 524 g/mol. The molecule has 0 unspecified atom stereocenters. The molecule has 2 radical (unpaired) electrons. The molecule has 2 aromatic rings. The molecule has 0 bridgehead atoms. The van der Waals surface area contributed by atoms with E-state index in [1.165, 1.54) is 48.1 Å². The number of nitrogens with zero attached hydrogens (tertiary/aromatic N) is 4. The van der Waals surface area contributed by atoms with E-state index in [1.54, 1.807) is 0 Å². The lowest BCUT2D eigenvalue weighted by atomic mass is 9.54. The highest BCUT2D eigenvalue weighted by atomic mass is 15.3. The predicted molar refractivity (Wildman–Crippen MR) is 167 cm³/mol. The van der Waals surface area contributed by atoms with Crippen molar-refractivity contribution in [1.82, 2.24) is 14.9 Å². The molecule has 1 aromatic heterocycles. The van der Waals surface area contributed by atoms with Crippen molar-refractivity contribution in [1.29, 1.82) is 0 Å². The SMILES string of the molecule is [B][C@]1(C2CN(c3nc(C=C)c(C=C(C)C)c(N[C@H](C)c4ccc(C)cc4C)n3)C2)CCCN(C2CC(C)C2)C1. The molecule has 39 heavy (non-hydrogen) atoms. The van der Waals surface area contributed by atoms with Gasteiger partial charge in [-0.3, -0.25) is 0 Å². The summed E-state index contributed by atoms with van der Waals surface area (Å²) in [6.45, 7) is 21.3. The summed E-state index contributed by atoms with van der Waals surface area (Å²) in [5.41, 5.74) is 6.91. The topological polar surface area (TPSA) is 44.3 Å². The van der Waals surface area contributed by atoms with E-state index in [9.17, 15) is 0 Å². The zero-order chi connectivity index (χ0) is 27.9. The number of aromatic nitrogens is 2. The van der Waals surface area contributed by atoms with Crippen LogP contribution < -0.4 is 10.2 Å². The van der Waals surface area contributed by atoms with Crippen LogP contribution >= 0.6 is 0 Å². The summed E-state index contributed by atoms with van der Waals surface area (Å²) in [5, 5.41) is 3.61. The molecule has 2 saturated heterocycles.